The molecule has 0 amide bonds. The van der Waals surface area contributed by atoms with Crippen LogP contribution in [0, 0.1) is 0 Å². The van der Waals surface area contributed by atoms with Gasteiger partial charge in [-0.1, -0.05) is 63.7 Å². The third kappa shape index (κ3) is 64.4. The molecule has 84 heavy (non-hydrogen) atoms. The Bertz CT molecular complexity index is 1380. The van der Waals surface area contributed by atoms with Crippen molar-refractivity contribution in [2.45, 2.75) is 64.4 Å². The van der Waals surface area contributed by atoms with Gasteiger partial charge in [0.15, 0.2) is 0 Å². The minimum Gasteiger partial charge on any atom is -0.486 e. The first-order valence-corrected chi connectivity index (χ1v) is 30.9. The lowest BCUT2D eigenvalue weighted by Crippen LogP contribution is -2.29. The van der Waals surface area contributed by atoms with Gasteiger partial charge in [-0.3, -0.25) is 0 Å². The van der Waals surface area contributed by atoms with Gasteiger partial charge in [0.2, 0.25) is 0 Å². The van der Waals surface area contributed by atoms with Crippen molar-refractivity contribution in [2.24, 2.45) is 0 Å². The standard InChI is InChI=1S/C61H114O23/c1-3-5-6-7-8-9-10-11-59-12-14-60(15-13-59)84-61(57-82-17-4-2)58-83-56-55-81-54-53-80-52-51-79-50-49-78-48-47-77-46-45-76-44-43-75-42-41-74-40-39-73-38-37-72-36-35-71-34-33-70-32-31-69-30-29-68-28-27-67-26-25-66-24-23-65-22-21-64-20-19-63-18-16-62/h4,12-15,61-62H,2-3,5-11,16-58H2,1H3. The van der Waals surface area contributed by atoms with Crippen LogP contribution in [0.1, 0.15) is 57.4 Å². The zero-order valence-electron chi connectivity index (χ0n) is 51.7. The van der Waals surface area contributed by atoms with Gasteiger partial charge in [0.25, 0.3) is 0 Å². The summed E-state index contributed by atoms with van der Waals surface area (Å²) >= 11 is 0. The van der Waals surface area contributed by atoms with Crippen LogP contribution in [0.4, 0.5) is 0 Å². The molecule has 1 rings (SSSR count). The number of aryl methyl sites for hydroxylation is 1. The van der Waals surface area contributed by atoms with Crippen LogP contribution in [-0.2, 0) is 106 Å². The lowest BCUT2D eigenvalue weighted by molar-refractivity contribution is -0.0336. The molecule has 23 nitrogen and oxygen atoms in total. The molecule has 0 aliphatic rings. The lowest BCUT2D eigenvalue weighted by atomic mass is 10.0. The number of rotatable bonds is 75. The average Bonchev–Trinajstić information content (AvgIpc) is 3.61. The topological polar surface area (TPSA) is 223 Å². The summed E-state index contributed by atoms with van der Waals surface area (Å²) in [5.74, 6) is 0.814. The molecule has 23 heteroatoms. The highest BCUT2D eigenvalue weighted by molar-refractivity contribution is 5.27. The fraction of sp³-hybridized carbons (Fsp3) is 0.869. The average molecular weight is 1220 g/mol. The van der Waals surface area contributed by atoms with Crippen LogP contribution in [0.3, 0.4) is 0 Å². The van der Waals surface area contributed by atoms with Gasteiger partial charge >= 0.3 is 0 Å². The van der Waals surface area contributed by atoms with Crippen molar-refractivity contribution >= 4 is 0 Å². The van der Waals surface area contributed by atoms with E-state index in [9.17, 15) is 0 Å². The second kappa shape index (κ2) is 71.6. The summed E-state index contributed by atoms with van der Waals surface area (Å²) in [7, 11) is 0. The molecule has 1 aromatic rings. The summed E-state index contributed by atoms with van der Waals surface area (Å²) in [5.41, 5.74) is 1.34. The third-order valence-corrected chi connectivity index (χ3v) is 11.4. The lowest BCUT2D eigenvalue weighted by Gasteiger charge is -2.19. The zero-order valence-corrected chi connectivity index (χ0v) is 51.7. The number of hydrogen-bond acceptors (Lipinski definition) is 23. The predicted octanol–water partition coefficient (Wildman–Crippen LogP) is 5.25. The summed E-state index contributed by atoms with van der Waals surface area (Å²) in [4.78, 5) is 0. The van der Waals surface area contributed by atoms with Crippen molar-refractivity contribution < 1.29 is 109 Å². The smallest absolute Gasteiger partial charge is 0.145 e. The van der Waals surface area contributed by atoms with Gasteiger partial charge in [0, 0.05) is 0 Å². The van der Waals surface area contributed by atoms with E-state index in [4.69, 9.17) is 109 Å². The van der Waals surface area contributed by atoms with E-state index >= 15 is 0 Å². The molecule has 1 atom stereocenters. The van der Waals surface area contributed by atoms with Gasteiger partial charge in [-0.2, -0.15) is 0 Å². The monoisotopic (exact) mass is 1210 g/mol. The maximum Gasteiger partial charge on any atom is 0.145 e. The van der Waals surface area contributed by atoms with E-state index in [1.807, 2.05) is 12.1 Å². The molecular weight excluding hydrogens is 1100 g/mol. The summed E-state index contributed by atoms with van der Waals surface area (Å²) in [5, 5.41) is 8.62. The Morgan fingerprint density at radius 2 is 0.548 bits per heavy atom. The van der Waals surface area contributed by atoms with Gasteiger partial charge < -0.3 is 109 Å². The molecule has 0 aliphatic carbocycles. The first kappa shape index (κ1) is 79.9. The molecule has 0 fully saturated rings. The fourth-order valence-corrected chi connectivity index (χ4v) is 7.07. The van der Waals surface area contributed by atoms with Crippen LogP contribution in [0.2, 0.25) is 0 Å². The highest BCUT2D eigenvalue weighted by Crippen LogP contribution is 2.17. The third-order valence-electron chi connectivity index (χ3n) is 11.4. The number of aliphatic hydroxyl groups is 1. The van der Waals surface area contributed by atoms with E-state index < -0.39 is 0 Å². The van der Waals surface area contributed by atoms with Gasteiger partial charge in [0.05, 0.1) is 284 Å². The van der Waals surface area contributed by atoms with Crippen LogP contribution in [0.15, 0.2) is 36.9 Å². The predicted molar refractivity (Wildman–Crippen MR) is 317 cm³/mol. The molecule has 0 aliphatic heterocycles. The Morgan fingerprint density at radius 3 is 0.810 bits per heavy atom. The Balaban J connectivity index is 1.70. The number of unbranched alkanes of at least 4 members (excludes halogenated alkanes) is 6. The van der Waals surface area contributed by atoms with E-state index in [0.29, 0.717) is 277 Å². The Kier molecular flexibility index (Phi) is 68.1. The molecule has 0 saturated carbocycles. The molecule has 0 spiro atoms. The molecular formula is C61H114O23. The Morgan fingerprint density at radius 1 is 0.310 bits per heavy atom. The maximum absolute atomic E-state index is 8.62. The van der Waals surface area contributed by atoms with E-state index in [-0.39, 0.29) is 12.7 Å². The summed E-state index contributed by atoms with van der Waals surface area (Å²) in [6.45, 7) is 26.0. The van der Waals surface area contributed by atoms with Gasteiger partial charge in [-0.05, 0) is 30.5 Å². The van der Waals surface area contributed by atoms with Crippen molar-refractivity contribution in [1.82, 2.24) is 0 Å². The molecule has 0 heterocycles. The molecule has 1 unspecified atom stereocenters. The van der Waals surface area contributed by atoms with Crippen LogP contribution >= 0.6 is 0 Å². The minimum atomic E-state index is -0.235. The van der Waals surface area contributed by atoms with Crippen molar-refractivity contribution in [1.29, 1.82) is 0 Å². The van der Waals surface area contributed by atoms with Crippen molar-refractivity contribution in [3.63, 3.8) is 0 Å². The largest absolute Gasteiger partial charge is 0.486 e. The van der Waals surface area contributed by atoms with E-state index in [1.54, 1.807) is 6.08 Å². The molecule has 1 N–H and O–H groups in total. The van der Waals surface area contributed by atoms with Crippen molar-refractivity contribution in [2.75, 3.05) is 284 Å². The maximum atomic E-state index is 8.62. The van der Waals surface area contributed by atoms with Gasteiger partial charge in [-0.15, -0.1) is 6.58 Å². The van der Waals surface area contributed by atoms with Crippen molar-refractivity contribution in [3.8, 4) is 5.75 Å². The molecule has 0 aromatic heterocycles. The van der Waals surface area contributed by atoms with Crippen molar-refractivity contribution in [3.05, 3.63) is 42.5 Å². The molecule has 1 aromatic carbocycles. The second-order valence-electron chi connectivity index (χ2n) is 18.5. The minimum absolute atomic E-state index is 0.0183. The summed E-state index contributed by atoms with van der Waals surface area (Å²) in [6.07, 6.45) is 11.8. The van der Waals surface area contributed by atoms with E-state index in [1.165, 1.54) is 50.5 Å². The van der Waals surface area contributed by atoms with Crippen LogP contribution in [-0.4, -0.2) is 295 Å². The Labute approximate surface area is 504 Å². The molecule has 0 radical (unpaired) electrons. The molecule has 496 valence electrons. The Hall–Kier alpha value is -2.12. The van der Waals surface area contributed by atoms with Gasteiger partial charge in [-0.25, -0.2) is 0 Å². The van der Waals surface area contributed by atoms with Crippen LogP contribution in [0.5, 0.6) is 5.75 Å². The SMILES string of the molecule is C=CCOCC(COCCOCCOCCOCCOCCOCCOCCOCCOCCOCCOCCOCCOCCOCCOCCOCCOCCOCCOCCOCCO)Oc1ccc(CCCCCCCCC)cc1. The fourth-order valence-electron chi connectivity index (χ4n) is 7.07. The number of hydrogen-bond donors (Lipinski definition) is 1. The zero-order chi connectivity index (χ0) is 59.9. The highest BCUT2D eigenvalue weighted by Gasteiger charge is 2.12. The number of benzene rings is 1. The summed E-state index contributed by atoms with van der Waals surface area (Å²) in [6, 6.07) is 8.39. The first-order chi connectivity index (χ1) is 41.8. The number of aliphatic hydroxyl groups excluding tert-OH is 1. The normalized spacial score (nSPS) is 12.0. The van der Waals surface area contributed by atoms with E-state index in [0.717, 1.165) is 12.2 Å². The second-order valence-corrected chi connectivity index (χ2v) is 18.5. The summed E-state index contributed by atoms with van der Waals surface area (Å²) < 4.78 is 122. The van der Waals surface area contributed by atoms with Gasteiger partial charge in [0.1, 0.15) is 11.9 Å². The molecule has 0 bridgehead atoms. The highest BCUT2D eigenvalue weighted by atomic mass is 16.6. The number of ether oxygens (including phenoxy) is 22. The van der Waals surface area contributed by atoms with Crippen LogP contribution < -0.4 is 4.74 Å². The molecule has 0 saturated heterocycles. The van der Waals surface area contributed by atoms with E-state index in [2.05, 4.69) is 25.6 Å². The quantitative estimate of drug-likeness (QED) is 0.0649. The van der Waals surface area contributed by atoms with Crippen LogP contribution in [0.25, 0.3) is 0 Å². The first-order valence-electron chi connectivity index (χ1n) is 30.9.